The van der Waals surface area contributed by atoms with E-state index >= 15 is 0 Å². The number of hydrogen-bond donors (Lipinski definition) is 0. The molecule has 0 bridgehead atoms. The summed E-state index contributed by atoms with van der Waals surface area (Å²) < 4.78 is 0.767. The number of halogens is 2. The van der Waals surface area contributed by atoms with Gasteiger partial charge < -0.3 is 9.80 Å². The highest BCUT2D eigenvalue weighted by atomic mass is 79.9. The van der Waals surface area contributed by atoms with E-state index in [0.717, 1.165) is 30.4 Å². The molecule has 0 aliphatic carbocycles. The highest BCUT2D eigenvalue weighted by molar-refractivity contribution is 9.10. The minimum absolute atomic E-state index is 0.0315. The zero-order chi connectivity index (χ0) is 14.0. The van der Waals surface area contributed by atoms with Crippen molar-refractivity contribution < 1.29 is 4.79 Å². The van der Waals surface area contributed by atoms with Crippen molar-refractivity contribution in [3.8, 4) is 0 Å². The molecule has 2 rings (SSSR count). The molecule has 1 aliphatic heterocycles. The van der Waals surface area contributed by atoms with E-state index in [-0.39, 0.29) is 11.1 Å². The molecule has 1 amide bonds. The van der Waals surface area contributed by atoms with Crippen molar-refractivity contribution in [1.29, 1.82) is 0 Å². The second-order valence-corrected chi connectivity index (χ2v) is 6.25. The summed E-state index contributed by atoms with van der Waals surface area (Å²) in [5.74, 6) is -0.0315. The predicted octanol–water partition coefficient (Wildman–Crippen LogP) is 2.66. The maximum absolute atomic E-state index is 12.4. The molecule has 0 saturated carbocycles. The SMILES string of the molecule is CN(C)C1CCN(C(=O)c2cc(Br)cnc2Cl)CC1. The second kappa shape index (κ2) is 6.20. The molecule has 0 atom stereocenters. The van der Waals surface area contributed by atoms with Crippen LogP contribution in [0, 0.1) is 0 Å². The standard InChI is InChI=1S/C13H17BrClN3O/c1-17(2)10-3-5-18(6-4-10)13(19)11-7-9(14)8-16-12(11)15/h7-8,10H,3-6H2,1-2H3. The third-order valence-corrected chi connectivity index (χ3v) is 4.25. The number of rotatable bonds is 2. The Balaban J connectivity index is 2.07. The molecule has 0 N–H and O–H groups in total. The molecular formula is C13H17BrClN3O. The van der Waals surface area contributed by atoms with Gasteiger partial charge in [-0.05, 0) is 48.9 Å². The van der Waals surface area contributed by atoms with Gasteiger partial charge in [0.25, 0.3) is 5.91 Å². The van der Waals surface area contributed by atoms with Crippen molar-refractivity contribution in [2.75, 3.05) is 27.2 Å². The molecular weight excluding hydrogens is 330 g/mol. The fourth-order valence-electron chi connectivity index (χ4n) is 2.33. The van der Waals surface area contributed by atoms with E-state index in [4.69, 9.17) is 11.6 Å². The molecule has 0 spiro atoms. The van der Waals surface area contributed by atoms with E-state index in [0.29, 0.717) is 11.6 Å². The fraction of sp³-hybridized carbons (Fsp3) is 0.538. The van der Waals surface area contributed by atoms with Gasteiger partial charge in [-0.25, -0.2) is 4.98 Å². The summed E-state index contributed by atoms with van der Waals surface area (Å²) in [6, 6.07) is 2.29. The van der Waals surface area contributed by atoms with Crippen molar-refractivity contribution >= 4 is 33.4 Å². The molecule has 1 aromatic heterocycles. The van der Waals surface area contributed by atoms with Gasteiger partial charge in [-0.15, -0.1) is 0 Å². The number of amides is 1. The summed E-state index contributed by atoms with van der Waals surface area (Å²) in [7, 11) is 4.16. The molecule has 104 valence electrons. The first-order valence-electron chi connectivity index (χ1n) is 6.26. The zero-order valence-electron chi connectivity index (χ0n) is 11.1. The maximum Gasteiger partial charge on any atom is 0.257 e. The third-order valence-electron chi connectivity index (χ3n) is 3.52. The van der Waals surface area contributed by atoms with Gasteiger partial charge in [0.05, 0.1) is 5.56 Å². The number of likely N-dealkylation sites (tertiary alicyclic amines) is 1. The fourth-order valence-corrected chi connectivity index (χ4v) is 2.84. The Bertz CT molecular complexity index is 473. The average Bonchev–Trinajstić information content (AvgIpc) is 2.41. The maximum atomic E-state index is 12.4. The van der Waals surface area contributed by atoms with E-state index in [1.165, 1.54) is 0 Å². The van der Waals surface area contributed by atoms with Crippen LogP contribution in [0.5, 0.6) is 0 Å². The number of carbonyl (C=O) groups excluding carboxylic acids is 1. The summed E-state index contributed by atoms with van der Waals surface area (Å²) in [5, 5.41) is 0.267. The first-order chi connectivity index (χ1) is 8.99. The van der Waals surface area contributed by atoms with Crippen LogP contribution in [0.25, 0.3) is 0 Å². The Hall–Kier alpha value is -0.650. The number of carbonyl (C=O) groups is 1. The Morgan fingerprint density at radius 2 is 2.11 bits per heavy atom. The summed E-state index contributed by atoms with van der Waals surface area (Å²) in [6.45, 7) is 1.54. The van der Waals surface area contributed by atoms with E-state index in [1.54, 1.807) is 12.3 Å². The van der Waals surface area contributed by atoms with Crippen LogP contribution in [0.15, 0.2) is 16.7 Å². The van der Waals surface area contributed by atoms with Crippen LogP contribution in [-0.2, 0) is 0 Å². The second-order valence-electron chi connectivity index (χ2n) is 4.98. The van der Waals surface area contributed by atoms with Gasteiger partial charge in [-0.2, -0.15) is 0 Å². The van der Waals surface area contributed by atoms with Crippen LogP contribution in [0.4, 0.5) is 0 Å². The lowest BCUT2D eigenvalue weighted by molar-refractivity contribution is 0.0663. The molecule has 4 nitrogen and oxygen atoms in total. The first kappa shape index (κ1) is 14.8. The minimum atomic E-state index is -0.0315. The van der Waals surface area contributed by atoms with Crippen molar-refractivity contribution in [2.45, 2.75) is 18.9 Å². The average molecular weight is 347 g/mol. The van der Waals surface area contributed by atoms with E-state index in [9.17, 15) is 4.79 Å². The Morgan fingerprint density at radius 3 is 2.68 bits per heavy atom. The van der Waals surface area contributed by atoms with Crippen LogP contribution in [0.1, 0.15) is 23.2 Å². The van der Waals surface area contributed by atoms with E-state index in [2.05, 4.69) is 39.9 Å². The molecule has 19 heavy (non-hydrogen) atoms. The van der Waals surface area contributed by atoms with Crippen LogP contribution in [-0.4, -0.2) is 53.9 Å². The minimum Gasteiger partial charge on any atom is -0.338 e. The molecule has 1 saturated heterocycles. The lowest BCUT2D eigenvalue weighted by Gasteiger charge is -2.35. The van der Waals surface area contributed by atoms with Gasteiger partial charge in [0.2, 0.25) is 0 Å². The summed E-state index contributed by atoms with van der Waals surface area (Å²) in [6.07, 6.45) is 3.59. The van der Waals surface area contributed by atoms with Gasteiger partial charge in [-0.1, -0.05) is 11.6 Å². The molecule has 6 heteroatoms. The van der Waals surface area contributed by atoms with Crippen LogP contribution in [0.3, 0.4) is 0 Å². The third kappa shape index (κ3) is 3.46. The highest BCUT2D eigenvalue weighted by Gasteiger charge is 2.26. The molecule has 0 aromatic carbocycles. The lowest BCUT2D eigenvalue weighted by Crippen LogP contribution is -2.44. The van der Waals surface area contributed by atoms with Gasteiger partial charge >= 0.3 is 0 Å². The lowest BCUT2D eigenvalue weighted by atomic mass is 10.0. The van der Waals surface area contributed by atoms with Gasteiger partial charge in [0.1, 0.15) is 5.15 Å². The molecule has 1 fully saturated rings. The van der Waals surface area contributed by atoms with Crippen LogP contribution >= 0.6 is 27.5 Å². The predicted molar refractivity (Wildman–Crippen MR) is 79.6 cm³/mol. The van der Waals surface area contributed by atoms with Gasteiger partial charge in [0, 0.05) is 29.8 Å². The van der Waals surface area contributed by atoms with Crippen molar-refractivity contribution in [1.82, 2.24) is 14.8 Å². The number of aromatic nitrogens is 1. The van der Waals surface area contributed by atoms with Gasteiger partial charge in [0.15, 0.2) is 0 Å². The Morgan fingerprint density at radius 1 is 1.47 bits per heavy atom. The van der Waals surface area contributed by atoms with Crippen LogP contribution in [0.2, 0.25) is 5.15 Å². The number of pyridine rings is 1. The number of hydrogen-bond acceptors (Lipinski definition) is 3. The van der Waals surface area contributed by atoms with Crippen LogP contribution < -0.4 is 0 Å². The quantitative estimate of drug-likeness (QED) is 0.773. The van der Waals surface area contributed by atoms with Crippen molar-refractivity contribution in [3.63, 3.8) is 0 Å². The summed E-state index contributed by atoms with van der Waals surface area (Å²) in [4.78, 5) is 20.5. The normalized spacial score (nSPS) is 17.0. The Labute approximate surface area is 126 Å². The number of nitrogens with zero attached hydrogens (tertiary/aromatic N) is 3. The van der Waals surface area contributed by atoms with Crippen molar-refractivity contribution in [2.24, 2.45) is 0 Å². The first-order valence-corrected chi connectivity index (χ1v) is 7.43. The molecule has 2 heterocycles. The summed E-state index contributed by atoms with van der Waals surface area (Å²) in [5.41, 5.74) is 0.472. The van der Waals surface area contributed by atoms with E-state index in [1.807, 2.05) is 4.90 Å². The smallest absolute Gasteiger partial charge is 0.257 e. The van der Waals surface area contributed by atoms with E-state index < -0.39 is 0 Å². The van der Waals surface area contributed by atoms with Gasteiger partial charge in [-0.3, -0.25) is 4.79 Å². The number of piperidine rings is 1. The monoisotopic (exact) mass is 345 g/mol. The summed E-state index contributed by atoms with van der Waals surface area (Å²) >= 11 is 9.32. The molecule has 1 aromatic rings. The highest BCUT2D eigenvalue weighted by Crippen LogP contribution is 2.22. The molecule has 0 radical (unpaired) electrons. The molecule has 0 unspecified atom stereocenters. The molecule has 1 aliphatic rings. The largest absolute Gasteiger partial charge is 0.338 e. The van der Waals surface area contributed by atoms with Crippen molar-refractivity contribution in [3.05, 3.63) is 27.5 Å². The Kier molecular flexibility index (Phi) is 4.81. The zero-order valence-corrected chi connectivity index (χ0v) is 13.4. The topological polar surface area (TPSA) is 36.4 Å².